The number of carbonyl (C=O) groups excluding carboxylic acids is 1. The molecule has 0 spiro atoms. The van der Waals surface area contributed by atoms with Crippen LogP contribution in [0.4, 0.5) is 0 Å². The Kier molecular flexibility index (Phi) is 6.40. The van der Waals surface area contributed by atoms with Crippen molar-refractivity contribution < 1.29 is 4.79 Å². The molecule has 3 nitrogen and oxygen atoms in total. The molecule has 0 bridgehead atoms. The van der Waals surface area contributed by atoms with Gasteiger partial charge in [0.25, 0.3) is 0 Å². The quantitative estimate of drug-likeness (QED) is 0.809. The molecule has 0 fully saturated rings. The fourth-order valence-electron chi connectivity index (χ4n) is 1.60. The van der Waals surface area contributed by atoms with E-state index in [9.17, 15) is 4.79 Å². The average molecular weight is 324 g/mol. The summed E-state index contributed by atoms with van der Waals surface area (Å²) in [5, 5.41) is 7.06. The van der Waals surface area contributed by atoms with Crippen molar-refractivity contribution in [1.29, 1.82) is 0 Å². The van der Waals surface area contributed by atoms with Crippen molar-refractivity contribution in [2.75, 3.05) is 6.54 Å². The molecule has 0 radical (unpaired) electrons. The van der Waals surface area contributed by atoms with E-state index >= 15 is 0 Å². The lowest BCUT2D eigenvalue weighted by atomic mass is 10.1. The lowest BCUT2D eigenvalue weighted by Gasteiger charge is -2.17. The van der Waals surface area contributed by atoms with Gasteiger partial charge >= 0.3 is 0 Å². The summed E-state index contributed by atoms with van der Waals surface area (Å²) in [6, 6.07) is 3.52. The highest BCUT2D eigenvalue weighted by Crippen LogP contribution is 2.35. The van der Waals surface area contributed by atoms with Crippen LogP contribution in [0.5, 0.6) is 0 Å². The molecule has 106 valence electrons. The van der Waals surface area contributed by atoms with Gasteiger partial charge in [-0.2, -0.15) is 0 Å². The number of hydrogen-bond acceptors (Lipinski definition) is 2. The van der Waals surface area contributed by atoms with Crippen LogP contribution in [-0.2, 0) is 4.79 Å². The standard InChI is InChI=1S/C13H17Cl3N2O/c1-7(2)18-11(19)6-17-8(3)9-4-5-10(14)13(16)12(9)15/h4-5,7-8,17H,6H2,1-3H3,(H,18,19). The molecule has 0 heterocycles. The average Bonchev–Trinajstić information content (AvgIpc) is 2.32. The van der Waals surface area contributed by atoms with Crippen molar-refractivity contribution in [2.24, 2.45) is 0 Å². The fraction of sp³-hybridized carbons (Fsp3) is 0.462. The fourth-order valence-corrected chi connectivity index (χ4v) is 2.31. The highest BCUT2D eigenvalue weighted by Gasteiger charge is 2.15. The predicted molar refractivity (Wildman–Crippen MR) is 81.2 cm³/mol. The van der Waals surface area contributed by atoms with E-state index < -0.39 is 0 Å². The predicted octanol–water partition coefficient (Wildman–Crippen LogP) is 3.82. The van der Waals surface area contributed by atoms with Crippen molar-refractivity contribution in [3.63, 3.8) is 0 Å². The molecule has 1 aromatic rings. The smallest absolute Gasteiger partial charge is 0.234 e. The highest BCUT2D eigenvalue weighted by molar-refractivity contribution is 6.48. The van der Waals surface area contributed by atoms with Gasteiger partial charge in [0.05, 0.1) is 21.6 Å². The first-order chi connectivity index (χ1) is 8.82. The van der Waals surface area contributed by atoms with E-state index in [-0.39, 0.29) is 24.5 Å². The second-order valence-electron chi connectivity index (χ2n) is 4.59. The summed E-state index contributed by atoms with van der Waals surface area (Å²) in [6.07, 6.45) is 0. The molecule has 0 saturated carbocycles. The first-order valence-electron chi connectivity index (χ1n) is 5.99. The maximum Gasteiger partial charge on any atom is 0.234 e. The van der Waals surface area contributed by atoms with Gasteiger partial charge in [-0.1, -0.05) is 40.9 Å². The van der Waals surface area contributed by atoms with Crippen molar-refractivity contribution in [3.05, 3.63) is 32.8 Å². The molecule has 1 rings (SSSR count). The number of carbonyl (C=O) groups is 1. The number of hydrogen-bond donors (Lipinski definition) is 2. The van der Waals surface area contributed by atoms with Crippen LogP contribution in [0.2, 0.25) is 15.1 Å². The Morgan fingerprint density at radius 1 is 1.16 bits per heavy atom. The lowest BCUT2D eigenvalue weighted by molar-refractivity contribution is -0.120. The SMILES string of the molecule is CC(C)NC(=O)CNC(C)c1ccc(Cl)c(Cl)c1Cl. The van der Waals surface area contributed by atoms with E-state index in [1.807, 2.05) is 20.8 Å². The zero-order valence-electron chi connectivity index (χ0n) is 11.1. The third-order valence-corrected chi connectivity index (χ3v) is 3.86. The van der Waals surface area contributed by atoms with Crippen LogP contribution >= 0.6 is 34.8 Å². The van der Waals surface area contributed by atoms with E-state index in [1.165, 1.54) is 0 Å². The largest absolute Gasteiger partial charge is 0.353 e. The Hall–Kier alpha value is -0.480. The molecule has 6 heteroatoms. The molecular formula is C13H17Cl3N2O. The van der Waals surface area contributed by atoms with Crippen LogP contribution in [0.25, 0.3) is 0 Å². The summed E-state index contributed by atoms with van der Waals surface area (Å²) in [5.74, 6) is -0.0574. The monoisotopic (exact) mass is 322 g/mol. The molecule has 0 aliphatic heterocycles. The Morgan fingerprint density at radius 2 is 1.79 bits per heavy atom. The molecule has 2 N–H and O–H groups in total. The first kappa shape index (κ1) is 16.6. The molecule has 0 aliphatic carbocycles. The molecule has 1 atom stereocenters. The molecule has 1 unspecified atom stereocenters. The Labute approximate surface area is 128 Å². The van der Waals surface area contributed by atoms with Gasteiger partial charge in [0.2, 0.25) is 5.91 Å². The summed E-state index contributed by atoms with van der Waals surface area (Å²) >= 11 is 18.0. The van der Waals surface area contributed by atoms with Gasteiger partial charge < -0.3 is 10.6 Å². The molecule has 0 aromatic heterocycles. The minimum absolute atomic E-state index is 0.0574. The number of benzene rings is 1. The normalized spacial score (nSPS) is 12.6. The van der Waals surface area contributed by atoms with E-state index in [0.717, 1.165) is 5.56 Å². The van der Waals surface area contributed by atoms with Crippen molar-refractivity contribution in [3.8, 4) is 0 Å². The third-order valence-electron chi connectivity index (χ3n) is 2.55. The second-order valence-corrected chi connectivity index (χ2v) is 5.75. The van der Waals surface area contributed by atoms with Crippen LogP contribution in [-0.4, -0.2) is 18.5 Å². The molecule has 0 saturated heterocycles. The van der Waals surface area contributed by atoms with Crippen molar-refractivity contribution in [2.45, 2.75) is 32.9 Å². The molecule has 1 amide bonds. The van der Waals surface area contributed by atoms with E-state index in [0.29, 0.717) is 15.1 Å². The zero-order chi connectivity index (χ0) is 14.6. The minimum Gasteiger partial charge on any atom is -0.353 e. The summed E-state index contributed by atoms with van der Waals surface area (Å²) < 4.78 is 0. The number of rotatable bonds is 5. The van der Waals surface area contributed by atoms with Gasteiger partial charge in [0.15, 0.2) is 0 Å². The van der Waals surface area contributed by atoms with Gasteiger partial charge in [0, 0.05) is 12.1 Å². The van der Waals surface area contributed by atoms with Crippen LogP contribution in [0.1, 0.15) is 32.4 Å². The minimum atomic E-state index is -0.0971. The molecule has 1 aromatic carbocycles. The maximum absolute atomic E-state index is 11.5. The topological polar surface area (TPSA) is 41.1 Å². The van der Waals surface area contributed by atoms with E-state index in [1.54, 1.807) is 12.1 Å². The van der Waals surface area contributed by atoms with Gasteiger partial charge in [-0.05, 0) is 32.4 Å². The van der Waals surface area contributed by atoms with Crippen LogP contribution in [0.3, 0.4) is 0 Å². The van der Waals surface area contributed by atoms with Crippen molar-refractivity contribution in [1.82, 2.24) is 10.6 Å². The summed E-state index contributed by atoms with van der Waals surface area (Å²) in [6.45, 7) is 5.96. The van der Waals surface area contributed by atoms with Gasteiger partial charge in [-0.25, -0.2) is 0 Å². The first-order valence-corrected chi connectivity index (χ1v) is 7.12. The number of amides is 1. The molecule has 0 aliphatic rings. The van der Waals surface area contributed by atoms with Gasteiger partial charge in [-0.3, -0.25) is 4.79 Å². The lowest BCUT2D eigenvalue weighted by Crippen LogP contribution is -2.38. The van der Waals surface area contributed by atoms with E-state index in [2.05, 4.69) is 10.6 Å². The van der Waals surface area contributed by atoms with Crippen LogP contribution in [0.15, 0.2) is 12.1 Å². The number of halogens is 3. The van der Waals surface area contributed by atoms with Gasteiger partial charge in [-0.15, -0.1) is 0 Å². The molecular weight excluding hydrogens is 307 g/mol. The Morgan fingerprint density at radius 3 is 2.37 bits per heavy atom. The maximum atomic E-state index is 11.5. The van der Waals surface area contributed by atoms with Gasteiger partial charge in [0.1, 0.15) is 0 Å². The van der Waals surface area contributed by atoms with Crippen LogP contribution < -0.4 is 10.6 Å². The van der Waals surface area contributed by atoms with Crippen molar-refractivity contribution >= 4 is 40.7 Å². The summed E-state index contributed by atoms with van der Waals surface area (Å²) in [7, 11) is 0. The second kappa shape index (κ2) is 7.34. The Balaban J connectivity index is 2.66. The summed E-state index contributed by atoms with van der Waals surface area (Å²) in [5.41, 5.74) is 0.813. The third kappa shape index (κ3) is 4.84. The van der Waals surface area contributed by atoms with E-state index in [4.69, 9.17) is 34.8 Å². The summed E-state index contributed by atoms with van der Waals surface area (Å²) in [4.78, 5) is 11.5. The Bertz CT molecular complexity index is 463. The number of nitrogens with one attached hydrogen (secondary N) is 2. The highest BCUT2D eigenvalue weighted by atomic mass is 35.5. The molecule has 19 heavy (non-hydrogen) atoms. The zero-order valence-corrected chi connectivity index (χ0v) is 13.3. The van der Waals surface area contributed by atoms with Crippen LogP contribution in [0, 0.1) is 0 Å².